The lowest BCUT2D eigenvalue weighted by molar-refractivity contribution is 0.312. The molecule has 1 rings (SSSR count). The van der Waals surface area contributed by atoms with Gasteiger partial charge in [-0.15, -0.1) is 0 Å². The van der Waals surface area contributed by atoms with Gasteiger partial charge in [-0.05, 0) is 37.8 Å². The average Bonchev–Trinajstić information content (AvgIpc) is 2.25. The predicted octanol–water partition coefficient (Wildman–Crippen LogP) is 1.70. The number of rotatable bonds is 7. The molecule has 19 heavy (non-hydrogen) atoms. The largest absolute Gasteiger partial charge is 0.493 e. The van der Waals surface area contributed by atoms with E-state index < -0.39 is 9.84 Å². The van der Waals surface area contributed by atoms with E-state index in [0.717, 1.165) is 23.3 Å². The van der Waals surface area contributed by atoms with Crippen LogP contribution >= 0.6 is 0 Å². The van der Waals surface area contributed by atoms with Crippen LogP contribution in [0.3, 0.4) is 0 Å². The summed E-state index contributed by atoms with van der Waals surface area (Å²) in [5.74, 6) is 0.995. The molecule has 5 heteroatoms. The first-order chi connectivity index (χ1) is 8.79. The van der Waals surface area contributed by atoms with Crippen LogP contribution in [0.25, 0.3) is 0 Å². The Kier molecular flexibility index (Phi) is 5.82. The molecule has 0 aromatic heterocycles. The minimum atomic E-state index is -2.92. The molecule has 0 aliphatic carbocycles. The van der Waals surface area contributed by atoms with Crippen LogP contribution in [0.1, 0.15) is 24.5 Å². The zero-order valence-corrected chi connectivity index (χ0v) is 12.7. The Morgan fingerprint density at radius 2 is 2.05 bits per heavy atom. The van der Waals surface area contributed by atoms with E-state index in [2.05, 4.69) is 0 Å². The molecule has 1 aromatic rings. The van der Waals surface area contributed by atoms with Crippen molar-refractivity contribution in [3.05, 3.63) is 29.3 Å². The first kappa shape index (κ1) is 16.0. The summed E-state index contributed by atoms with van der Waals surface area (Å²) in [6.45, 7) is 4.34. The van der Waals surface area contributed by atoms with Crippen LogP contribution in [-0.4, -0.2) is 33.1 Å². The third-order valence-corrected chi connectivity index (χ3v) is 3.77. The highest BCUT2D eigenvalue weighted by atomic mass is 32.2. The van der Waals surface area contributed by atoms with Gasteiger partial charge in [0.2, 0.25) is 0 Å². The molecule has 0 saturated carbocycles. The predicted molar refractivity (Wildman–Crippen MR) is 78.4 cm³/mol. The van der Waals surface area contributed by atoms with Gasteiger partial charge in [0.15, 0.2) is 0 Å². The summed E-state index contributed by atoms with van der Waals surface area (Å²) in [5, 5.41) is 0. The molecule has 0 saturated heterocycles. The van der Waals surface area contributed by atoms with Crippen LogP contribution in [0.5, 0.6) is 5.75 Å². The van der Waals surface area contributed by atoms with Gasteiger partial charge in [0, 0.05) is 12.3 Å². The lowest BCUT2D eigenvalue weighted by Crippen LogP contribution is -2.18. The SMILES string of the molecule is Cc1cccc(CC(C)N)c1OCCCS(C)(=O)=O. The fraction of sp³-hybridized carbons (Fsp3) is 0.571. The molecule has 4 nitrogen and oxygen atoms in total. The van der Waals surface area contributed by atoms with Crippen molar-refractivity contribution < 1.29 is 13.2 Å². The zero-order valence-electron chi connectivity index (χ0n) is 11.8. The van der Waals surface area contributed by atoms with Gasteiger partial charge in [-0.1, -0.05) is 18.2 Å². The number of sulfone groups is 1. The maximum absolute atomic E-state index is 11.0. The fourth-order valence-electron chi connectivity index (χ4n) is 1.92. The van der Waals surface area contributed by atoms with Crippen molar-refractivity contribution >= 4 is 9.84 Å². The van der Waals surface area contributed by atoms with Crippen molar-refractivity contribution in [3.63, 3.8) is 0 Å². The van der Waals surface area contributed by atoms with Gasteiger partial charge in [-0.3, -0.25) is 0 Å². The molecule has 0 aliphatic heterocycles. The quantitative estimate of drug-likeness (QED) is 0.774. The summed E-state index contributed by atoms with van der Waals surface area (Å²) in [7, 11) is -2.92. The van der Waals surface area contributed by atoms with Gasteiger partial charge in [0.05, 0.1) is 12.4 Å². The van der Waals surface area contributed by atoms with E-state index in [-0.39, 0.29) is 11.8 Å². The minimum Gasteiger partial charge on any atom is -0.493 e. The molecular formula is C14H23NO3S. The first-order valence-electron chi connectivity index (χ1n) is 6.44. The second-order valence-corrected chi connectivity index (χ2v) is 7.34. The van der Waals surface area contributed by atoms with E-state index in [4.69, 9.17) is 10.5 Å². The van der Waals surface area contributed by atoms with Gasteiger partial charge in [0.25, 0.3) is 0 Å². The zero-order chi connectivity index (χ0) is 14.5. The Hall–Kier alpha value is -1.07. The number of hydrogen-bond acceptors (Lipinski definition) is 4. The fourth-order valence-corrected chi connectivity index (χ4v) is 2.56. The molecule has 1 aromatic carbocycles. The lowest BCUT2D eigenvalue weighted by Gasteiger charge is -2.15. The molecule has 0 fully saturated rings. The van der Waals surface area contributed by atoms with E-state index in [1.165, 1.54) is 6.26 Å². The maximum atomic E-state index is 11.0. The van der Waals surface area contributed by atoms with Crippen molar-refractivity contribution in [2.75, 3.05) is 18.6 Å². The van der Waals surface area contributed by atoms with Gasteiger partial charge < -0.3 is 10.5 Å². The van der Waals surface area contributed by atoms with E-state index in [9.17, 15) is 8.42 Å². The normalized spacial score (nSPS) is 13.3. The Balaban J connectivity index is 2.66. The highest BCUT2D eigenvalue weighted by Crippen LogP contribution is 2.24. The van der Waals surface area contributed by atoms with E-state index >= 15 is 0 Å². The molecule has 0 spiro atoms. The molecule has 1 atom stereocenters. The summed E-state index contributed by atoms with van der Waals surface area (Å²) in [4.78, 5) is 0. The van der Waals surface area contributed by atoms with E-state index in [0.29, 0.717) is 13.0 Å². The van der Waals surface area contributed by atoms with Crippen molar-refractivity contribution in [1.29, 1.82) is 0 Å². The van der Waals surface area contributed by atoms with E-state index in [1.807, 2.05) is 32.0 Å². The van der Waals surface area contributed by atoms with Gasteiger partial charge >= 0.3 is 0 Å². The van der Waals surface area contributed by atoms with Crippen LogP contribution in [-0.2, 0) is 16.3 Å². The highest BCUT2D eigenvalue weighted by Gasteiger charge is 2.09. The molecule has 0 aliphatic rings. The summed E-state index contributed by atoms with van der Waals surface area (Å²) in [6.07, 6.45) is 2.50. The van der Waals surface area contributed by atoms with Crippen LogP contribution in [0.15, 0.2) is 18.2 Å². The van der Waals surface area contributed by atoms with Gasteiger partial charge in [0.1, 0.15) is 15.6 Å². The Labute approximate surface area is 115 Å². The number of ether oxygens (including phenoxy) is 1. The van der Waals surface area contributed by atoms with Crippen molar-refractivity contribution in [3.8, 4) is 5.75 Å². The monoisotopic (exact) mass is 285 g/mol. The summed E-state index contributed by atoms with van der Waals surface area (Å²) in [6, 6.07) is 6.04. The number of para-hydroxylation sites is 1. The summed E-state index contributed by atoms with van der Waals surface area (Å²) in [5.41, 5.74) is 7.95. The molecule has 2 N–H and O–H groups in total. The topological polar surface area (TPSA) is 69.4 Å². The van der Waals surface area contributed by atoms with Crippen molar-refractivity contribution in [1.82, 2.24) is 0 Å². The third kappa shape index (κ3) is 6.07. The smallest absolute Gasteiger partial charge is 0.147 e. The van der Waals surface area contributed by atoms with Crippen LogP contribution in [0.4, 0.5) is 0 Å². The van der Waals surface area contributed by atoms with Gasteiger partial charge in [-0.2, -0.15) is 0 Å². The maximum Gasteiger partial charge on any atom is 0.147 e. The molecule has 1 unspecified atom stereocenters. The Bertz CT molecular complexity index is 509. The minimum absolute atomic E-state index is 0.0696. The Morgan fingerprint density at radius 1 is 1.37 bits per heavy atom. The number of aryl methyl sites for hydroxylation is 1. The number of benzene rings is 1. The van der Waals surface area contributed by atoms with Crippen molar-refractivity contribution in [2.24, 2.45) is 5.73 Å². The Morgan fingerprint density at radius 3 is 2.63 bits per heavy atom. The van der Waals surface area contributed by atoms with Crippen LogP contribution < -0.4 is 10.5 Å². The summed E-state index contributed by atoms with van der Waals surface area (Å²) < 4.78 is 27.8. The lowest BCUT2D eigenvalue weighted by atomic mass is 10.0. The molecular weight excluding hydrogens is 262 g/mol. The van der Waals surface area contributed by atoms with Crippen LogP contribution in [0, 0.1) is 6.92 Å². The van der Waals surface area contributed by atoms with E-state index in [1.54, 1.807) is 0 Å². The highest BCUT2D eigenvalue weighted by molar-refractivity contribution is 7.90. The number of nitrogens with two attached hydrogens (primary N) is 1. The molecule has 108 valence electrons. The molecule has 0 amide bonds. The van der Waals surface area contributed by atoms with Gasteiger partial charge in [-0.25, -0.2) is 8.42 Å². The average molecular weight is 285 g/mol. The first-order valence-corrected chi connectivity index (χ1v) is 8.50. The molecule has 0 heterocycles. The molecule has 0 bridgehead atoms. The second-order valence-electron chi connectivity index (χ2n) is 5.08. The number of hydrogen-bond donors (Lipinski definition) is 1. The second kappa shape index (κ2) is 6.91. The standard InChI is InChI=1S/C14H23NO3S/c1-11-6-4-7-13(10-12(2)15)14(11)18-8-5-9-19(3,16)17/h4,6-7,12H,5,8-10,15H2,1-3H3. The van der Waals surface area contributed by atoms with Crippen molar-refractivity contribution in [2.45, 2.75) is 32.7 Å². The molecule has 0 radical (unpaired) electrons. The van der Waals surface area contributed by atoms with Crippen LogP contribution in [0.2, 0.25) is 0 Å². The summed E-state index contributed by atoms with van der Waals surface area (Å²) >= 11 is 0. The third-order valence-electron chi connectivity index (χ3n) is 2.74.